The topological polar surface area (TPSA) is 78.9 Å². The summed E-state index contributed by atoms with van der Waals surface area (Å²) in [5.41, 5.74) is 0. The van der Waals surface area contributed by atoms with Gasteiger partial charge in [-0.1, -0.05) is 220 Å². The summed E-state index contributed by atoms with van der Waals surface area (Å²) >= 11 is 0. The van der Waals surface area contributed by atoms with E-state index in [4.69, 9.17) is 14.2 Å². The molecule has 0 aromatic heterocycles. The van der Waals surface area contributed by atoms with E-state index < -0.39 is 6.10 Å². The Bertz CT molecular complexity index is 1420. The van der Waals surface area contributed by atoms with Gasteiger partial charge < -0.3 is 14.2 Å². The van der Waals surface area contributed by atoms with Crippen LogP contribution in [0.5, 0.6) is 0 Å². The van der Waals surface area contributed by atoms with E-state index in [2.05, 4.69) is 130 Å². The van der Waals surface area contributed by atoms with E-state index in [9.17, 15) is 14.4 Å². The van der Waals surface area contributed by atoms with E-state index in [1.807, 2.05) is 0 Å². The average Bonchev–Trinajstić information content (AvgIpc) is 3.35. The maximum Gasteiger partial charge on any atom is 0.306 e. The quantitative estimate of drug-likeness (QED) is 0.0262. The highest BCUT2D eigenvalue weighted by Crippen LogP contribution is 2.13. The van der Waals surface area contributed by atoms with Crippen molar-refractivity contribution in [3.8, 4) is 0 Å². The maximum atomic E-state index is 12.8. The SMILES string of the molecule is CCCCC/C=C/C/C=C/C/C=C/C/C=C/CCCC(=O)OC[C@@H](COC(=O)CCCCCCCCC/C=C/CCCCCCCC)OC(=O)CCC/C=C/C/C=C/C/C=C/C/C=C/CCCCC. The molecule has 0 heterocycles. The van der Waals surface area contributed by atoms with Crippen LogP contribution in [0.4, 0.5) is 0 Å². The van der Waals surface area contributed by atoms with Crippen molar-refractivity contribution in [2.45, 2.75) is 258 Å². The molecule has 0 unspecified atom stereocenters. The first-order valence-corrected chi connectivity index (χ1v) is 28.4. The van der Waals surface area contributed by atoms with Gasteiger partial charge in [-0.25, -0.2) is 0 Å². The Morgan fingerprint density at radius 3 is 0.913 bits per heavy atom. The second kappa shape index (κ2) is 56.7. The Kier molecular flexibility index (Phi) is 53.4. The van der Waals surface area contributed by atoms with E-state index in [-0.39, 0.29) is 44.0 Å². The Hall–Kier alpha value is -3.93. The van der Waals surface area contributed by atoms with E-state index in [0.29, 0.717) is 19.3 Å². The molecule has 0 aromatic carbocycles. The molecule has 0 fully saturated rings. The van der Waals surface area contributed by atoms with Gasteiger partial charge in [0, 0.05) is 19.3 Å². The lowest BCUT2D eigenvalue weighted by molar-refractivity contribution is -0.167. The van der Waals surface area contributed by atoms with Gasteiger partial charge in [0.1, 0.15) is 13.2 Å². The highest BCUT2D eigenvalue weighted by atomic mass is 16.6. The van der Waals surface area contributed by atoms with Crippen LogP contribution in [0, 0.1) is 0 Å². The van der Waals surface area contributed by atoms with Gasteiger partial charge in [-0.05, 0) is 122 Å². The Morgan fingerprint density at radius 1 is 0.290 bits per heavy atom. The summed E-state index contributed by atoms with van der Waals surface area (Å²) in [6.45, 7) is 6.48. The Balaban J connectivity index is 4.57. The lowest BCUT2D eigenvalue weighted by Crippen LogP contribution is -2.30. The number of carbonyl (C=O) groups excluding carboxylic acids is 3. The largest absolute Gasteiger partial charge is 0.462 e. The zero-order chi connectivity index (χ0) is 50.0. The van der Waals surface area contributed by atoms with E-state index in [1.54, 1.807) is 0 Å². The van der Waals surface area contributed by atoms with Crippen molar-refractivity contribution in [1.29, 1.82) is 0 Å². The van der Waals surface area contributed by atoms with Gasteiger partial charge in [0.25, 0.3) is 0 Å². The van der Waals surface area contributed by atoms with Crippen LogP contribution in [0.2, 0.25) is 0 Å². The molecule has 1 atom stereocenters. The van der Waals surface area contributed by atoms with Crippen LogP contribution in [0.15, 0.2) is 109 Å². The van der Waals surface area contributed by atoms with Crippen molar-refractivity contribution in [1.82, 2.24) is 0 Å². The number of ether oxygens (including phenoxy) is 3. The highest BCUT2D eigenvalue weighted by molar-refractivity contribution is 5.71. The van der Waals surface area contributed by atoms with Crippen molar-refractivity contribution in [3.05, 3.63) is 109 Å². The van der Waals surface area contributed by atoms with Gasteiger partial charge in [0.2, 0.25) is 0 Å². The van der Waals surface area contributed by atoms with Gasteiger partial charge in [-0.3, -0.25) is 14.4 Å². The molecule has 0 N–H and O–H groups in total. The first kappa shape index (κ1) is 65.1. The van der Waals surface area contributed by atoms with Gasteiger partial charge >= 0.3 is 17.9 Å². The van der Waals surface area contributed by atoms with E-state index >= 15 is 0 Å². The van der Waals surface area contributed by atoms with Crippen LogP contribution < -0.4 is 0 Å². The van der Waals surface area contributed by atoms with Crippen LogP contribution in [-0.2, 0) is 28.6 Å². The molecule has 0 amide bonds. The zero-order valence-corrected chi connectivity index (χ0v) is 44.8. The molecule has 0 radical (unpaired) electrons. The smallest absolute Gasteiger partial charge is 0.306 e. The fraction of sp³-hybridized carbons (Fsp3) is 0.667. The number of unbranched alkanes of at least 4 members (excludes halogenated alkanes) is 21. The molecule has 6 heteroatoms. The summed E-state index contributed by atoms with van der Waals surface area (Å²) in [4.78, 5) is 38.1. The minimum Gasteiger partial charge on any atom is -0.462 e. The molecular weight excluding hydrogens is 853 g/mol. The number of carbonyl (C=O) groups is 3. The van der Waals surface area contributed by atoms with Gasteiger partial charge in [0.05, 0.1) is 0 Å². The van der Waals surface area contributed by atoms with Gasteiger partial charge in [-0.2, -0.15) is 0 Å². The fourth-order valence-corrected chi connectivity index (χ4v) is 7.42. The number of allylic oxidation sites excluding steroid dienone is 18. The highest BCUT2D eigenvalue weighted by Gasteiger charge is 2.19. The third kappa shape index (κ3) is 54.9. The number of rotatable bonds is 50. The van der Waals surface area contributed by atoms with Crippen LogP contribution in [0.3, 0.4) is 0 Å². The van der Waals surface area contributed by atoms with Crippen LogP contribution in [-0.4, -0.2) is 37.2 Å². The first-order valence-electron chi connectivity index (χ1n) is 28.4. The standard InChI is InChI=1S/C63H104O6/c1-4-7-10-13-16-19-22-25-28-31-34-37-40-43-46-49-52-55-61(64)67-58-60(69-63(66)57-54-51-48-45-42-39-36-33-30-27-24-21-18-15-12-9-6-3)59-68-62(65)56-53-50-47-44-41-38-35-32-29-26-23-20-17-14-11-8-5-2/h16,18-19,21,25-30,34,36-37,39,43,45-46,48,60H,4-15,17,20,22-24,31-33,35,38,40-42,44,47,49-59H2,1-3H3/b19-16+,21-18+,28-25+,29-26+,30-27+,37-34+,39-36+,46-43+,48-45+/t60-/m0/s1. The lowest BCUT2D eigenvalue weighted by atomic mass is 10.1. The fourth-order valence-electron chi connectivity index (χ4n) is 7.42. The number of hydrogen-bond donors (Lipinski definition) is 0. The summed E-state index contributed by atoms with van der Waals surface area (Å²) < 4.78 is 16.8. The van der Waals surface area contributed by atoms with Crippen LogP contribution in [0.1, 0.15) is 252 Å². The van der Waals surface area contributed by atoms with Crippen molar-refractivity contribution < 1.29 is 28.6 Å². The third-order valence-corrected chi connectivity index (χ3v) is 11.7. The van der Waals surface area contributed by atoms with Crippen molar-refractivity contribution in [2.75, 3.05) is 13.2 Å². The molecule has 0 aliphatic rings. The van der Waals surface area contributed by atoms with Crippen LogP contribution in [0.25, 0.3) is 0 Å². The molecule has 0 saturated carbocycles. The predicted octanol–water partition coefficient (Wildman–Crippen LogP) is 19.1. The molecule has 0 saturated heterocycles. The molecular formula is C63H104O6. The molecule has 0 rings (SSSR count). The van der Waals surface area contributed by atoms with Gasteiger partial charge in [0.15, 0.2) is 6.10 Å². The predicted molar refractivity (Wildman–Crippen MR) is 297 cm³/mol. The normalized spacial score (nSPS) is 12.9. The summed E-state index contributed by atoms with van der Waals surface area (Å²) in [5.74, 6) is -1.04. The molecule has 392 valence electrons. The molecule has 0 aromatic rings. The molecule has 0 bridgehead atoms. The number of esters is 3. The second-order valence-corrected chi connectivity index (χ2v) is 18.5. The summed E-state index contributed by atoms with van der Waals surface area (Å²) in [7, 11) is 0. The molecule has 0 aliphatic heterocycles. The second-order valence-electron chi connectivity index (χ2n) is 18.5. The van der Waals surface area contributed by atoms with Crippen LogP contribution >= 0.6 is 0 Å². The first-order chi connectivity index (χ1) is 34.0. The van der Waals surface area contributed by atoms with Gasteiger partial charge in [-0.15, -0.1) is 0 Å². The van der Waals surface area contributed by atoms with Crippen molar-refractivity contribution in [3.63, 3.8) is 0 Å². The van der Waals surface area contributed by atoms with E-state index in [0.717, 1.165) is 70.6 Å². The molecule has 6 nitrogen and oxygen atoms in total. The Labute approximate surface area is 425 Å². The zero-order valence-electron chi connectivity index (χ0n) is 44.8. The minimum absolute atomic E-state index is 0.120. The van der Waals surface area contributed by atoms with Crippen molar-refractivity contribution >= 4 is 17.9 Å². The molecule has 0 spiro atoms. The third-order valence-electron chi connectivity index (χ3n) is 11.7. The van der Waals surface area contributed by atoms with E-state index in [1.165, 1.54) is 128 Å². The monoisotopic (exact) mass is 957 g/mol. The lowest BCUT2D eigenvalue weighted by Gasteiger charge is -2.18. The summed E-state index contributed by atoms with van der Waals surface area (Å²) in [6.07, 6.45) is 76.5. The van der Waals surface area contributed by atoms with Crippen molar-refractivity contribution in [2.24, 2.45) is 0 Å². The average molecular weight is 958 g/mol. The Morgan fingerprint density at radius 2 is 0.536 bits per heavy atom. The summed E-state index contributed by atoms with van der Waals surface area (Å²) in [6, 6.07) is 0. The minimum atomic E-state index is -0.833. The molecule has 0 aliphatic carbocycles. The number of hydrogen-bond acceptors (Lipinski definition) is 6. The molecule has 69 heavy (non-hydrogen) atoms. The maximum absolute atomic E-state index is 12.8. The summed E-state index contributed by atoms with van der Waals surface area (Å²) in [5, 5.41) is 0.